The van der Waals surface area contributed by atoms with E-state index in [-0.39, 0.29) is 5.92 Å². The van der Waals surface area contributed by atoms with E-state index in [0.717, 1.165) is 11.3 Å². The van der Waals surface area contributed by atoms with Crippen LogP contribution in [0.25, 0.3) is 0 Å². The van der Waals surface area contributed by atoms with Gasteiger partial charge in [0.25, 0.3) is 0 Å². The second-order valence-corrected chi connectivity index (χ2v) is 6.65. The minimum absolute atomic E-state index is 0.238. The summed E-state index contributed by atoms with van der Waals surface area (Å²) in [5.41, 5.74) is 2.53. The average molecular weight is 311 g/mol. The van der Waals surface area contributed by atoms with Gasteiger partial charge in [0.15, 0.2) is 0 Å². The fourth-order valence-electron chi connectivity index (χ4n) is 2.67. The lowest BCUT2D eigenvalue weighted by molar-refractivity contribution is 0.0636. The Bertz CT molecular complexity index is 704. The number of benzene rings is 2. The van der Waals surface area contributed by atoms with Gasteiger partial charge in [-0.05, 0) is 32.4 Å². The molecule has 23 heavy (non-hydrogen) atoms. The summed E-state index contributed by atoms with van der Waals surface area (Å²) in [6.07, 6.45) is -0.463. The maximum absolute atomic E-state index is 11.8. The van der Waals surface area contributed by atoms with Crippen LogP contribution in [0.15, 0.2) is 48.5 Å². The lowest BCUT2D eigenvalue weighted by Gasteiger charge is -2.19. The Balaban J connectivity index is 1.76. The summed E-state index contributed by atoms with van der Waals surface area (Å²) in [5, 5.41) is 2.74. The molecule has 1 amide bonds. The van der Waals surface area contributed by atoms with Gasteiger partial charge in [-0.2, -0.15) is 0 Å². The first-order chi connectivity index (χ1) is 10.9. The quantitative estimate of drug-likeness (QED) is 0.884. The van der Waals surface area contributed by atoms with Crippen LogP contribution >= 0.6 is 0 Å². The van der Waals surface area contributed by atoms with E-state index >= 15 is 0 Å². The molecule has 4 heteroatoms. The summed E-state index contributed by atoms with van der Waals surface area (Å²) in [5.74, 6) is 1.05. The maximum atomic E-state index is 11.8. The monoisotopic (exact) mass is 311 g/mol. The highest BCUT2D eigenvalue weighted by atomic mass is 16.6. The van der Waals surface area contributed by atoms with Crippen molar-refractivity contribution in [3.8, 4) is 5.75 Å². The first-order valence-electron chi connectivity index (χ1n) is 7.74. The number of ether oxygens (including phenoxy) is 2. The number of anilines is 1. The Labute approximate surface area is 136 Å². The van der Waals surface area contributed by atoms with Gasteiger partial charge < -0.3 is 9.47 Å². The van der Waals surface area contributed by atoms with Crippen molar-refractivity contribution in [2.75, 3.05) is 11.9 Å². The molecule has 0 fully saturated rings. The van der Waals surface area contributed by atoms with Crippen LogP contribution in [-0.2, 0) is 4.74 Å². The molecule has 2 aromatic rings. The molecule has 0 aromatic heterocycles. The fraction of sp³-hybridized carbons (Fsp3) is 0.316. The minimum Gasteiger partial charge on any atom is -0.492 e. The zero-order valence-electron chi connectivity index (χ0n) is 13.6. The highest BCUT2D eigenvalue weighted by Crippen LogP contribution is 2.39. The van der Waals surface area contributed by atoms with Crippen LogP contribution in [0.5, 0.6) is 5.75 Å². The second-order valence-electron chi connectivity index (χ2n) is 6.65. The van der Waals surface area contributed by atoms with Crippen molar-refractivity contribution >= 4 is 11.8 Å². The van der Waals surface area contributed by atoms with Crippen LogP contribution in [0.1, 0.15) is 37.8 Å². The van der Waals surface area contributed by atoms with Crippen molar-refractivity contribution in [1.82, 2.24) is 0 Å². The third kappa shape index (κ3) is 3.65. The smallest absolute Gasteiger partial charge is 0.412 e. The normalized spacial score (nSPS) is 16.4. The van der Waals surface area contributed by atoms with Crippen molar-refractivity contribution in [1.29, 1.82) is 0 Å². The number of fused-ring (bicyclic) bond motifs is 1. The van der Waals surface area contributed by atoms with E-state index in [0.29, 0.717) is 12.3 Å². The highest BCUT2D eigenvalue weighted by Gasteiger charge is 2.26. The van der Waals surface area contributed by atoms with E-state index in [4.69, 9.17) is 9.47 Å². The summed E-state index contributed by atoms with van der Waals surface area (Å²) >= 11 is 0. The molecule has 1 atom stereocenters. The van der Waals surface area contributed by atoms with Gasteiger partial charge in [-0.3, -0.25) is 5.32 Å². The molecule has 4 nitrogen and oxygen atoms in total. The van der Waals surface area contributed by atoms with Crippen LogP contribution in [0, 0.1) is 0 Å². The van der Waals surface area contributed by atoms with Crippen LogP contribution in [0.3, 0.4) is 0 Å². The molecule has 0 spiro atoms. The largest absolute Gasteiger partial charge is 0.492 e. The van der Waals surface area contributed by atoms with Gasteiger partial charge in [-0.25, -0.2) is 4.79 Å². The van der Waals surface area contributed by atoms with Gasteiger partial charge in [-0.15, -0.1) is 0 Å². The number of hydrogen-bond acceptors (Lipinski definition) is 3. The Morgan fingerprint density at radius 1 is 1.17 bits per heavy atom. The van der Waals surface area contributed by atoms with Crippen molar-refractivity contribution in [2.45, 2.75) is 32.3 Å². The van der Waals surface area contributed by atoms with Gasteiger partial charge >= 0.3 is 6.09 Å². The summed E-state index contributed by atoms with van der Waals surface area (Å²) in [4.78, 5) is 11.8. The molecule has 0 radical (unpaired) electrons. The number of amides is 1. The molecule has 0 saturated heterocycles. The zero-order chi connectivity index (χ0) is 16.4. The standard InChI is InChI=1S/C19H21NO3/c1-19(2,3)23-18(21)20-14-9-10-15-16(12-22-17(15)11-14)13-7-5-4-6-8-13/h4-11,16H,12H2,1-3H3,(H,20,21). The van der Waals surface area contributed by atoms with Gasteiger partial charge in [-0.1, -0.05) is 36.4 Å². The second kappa shape index (κ2) is 5.95. The molecule has 1 aliphatic rings. The Morgan fingerprint density at radius 2 is 1.91 bits per heavy atom. The summed E-state index contributed by atoms with van der Waals surface area (Å²) in [6, 6.07) is 16.0. The minimum atomic E-state index is -0.518. The molecule has 0 bridgehead atoms. The number of rotatable bonds is 2. The van der Waals surface area contributed by atoms with E-state index in [9.17, 15) is 4.79 Å². The molecular weight excluding hydrogens is 290 g/mol. The van der Waals surface area contributed by atoms with E-state index in [1.165, 1.54) is 5.56 Å². The van der Waals surface area contributed by atoms with E-state index in [2.05, 4.69) is 17.4 Å². The molecule has 1 heterocycles. The Hall–Kier alpha value is -2.49. The Kier molecular flexibility index (Phi) is 3.99. The number of hydrogen-bond donors (Lipinski definition) is 1. The predicted molar refractivity (Wildman–Crippen MR) is 90.1 cm³/mol. The summed E-state index contributed by atoms with van der Waals surface area (Å²) in [7, 11) is 0. The van der Waals surface area contributed by atoms with Crippen molar-refractivity contribution < 1.29 is 14.3 Å². The molecule has 0 saturated carbocycles. The summed E-state index contributed by atoms with van der Waals surface area (Å²) in [6.45, 7) is 6.13. The topological polar surface area (TPSA) is 47.6 Å². The first-order valence-corrected chi connectivity index (χ1v) is 7.74. The molecular formula is C19H21NO3. The van der Waals surface area contributed by atoms with Crippen LogP contribution < -0.4 is 10.1 Å². The third-order valence-corrected chi connectivity index (χ3v) is 3.64. The number of carbonyl (C=O) groups excluding carboxylic acids is 1. The maximum Gasteiger partial charge on any atom is 0.412 e. The lowest BCUT2D eigenvalue weighted by atomic mass is 9.93. The zero-order valence-corrected chi connectivity index (χ0v) is 13.6. The van der Waals surface area contributed by atoms with E-state index in [1.807, 2.05) is 57.2 Å². The van der Waals surface area contributed by atoms with Crippen molar-refractivity contribution in [3.63, 3.8) is 0 Å². The molecule has 0 aliphatic carbocycles. The van der Waals surface area contributed by atoms with E-state index in [1.54, 1.807) is 0 Å². The van der Waals surface area contributed by atoms with Gasteiger partial charge in [0, 0.05) is 23.2 Å². The SMILES string of the molecule is CC(C)(C)OC(=O)Nc1ccc2c(c1)OCC2c1ccccc1. The fourth-order valence-corrected chi connectivity index (χ4v) is 2.67. The van der Waals surface area contributed by atoms with Crippen LogP contribution in [0.4, 0.5) is 10.5 Å². The lowest BCUT2D eigenvalue weighted by Crippen LogP contribution is -2.27. The average Bonchev–Trinajstić information content (AvgIpc) is 2.89. The van der Waals surface area contributed by atoms with E-state index < -0.39 is 11.7 Å². The number of carbonyl (C=O) groups is 1. The molecule has 3 rings (SSSR count). The van der Waals surface area contributed by atoms with Crippen LogP contribution in [-0.4, -0.2) is 18.3 Å². The van der Waals surface area contributed by atoms with Gasteiger partial charge in [0.2, 0.25) is 0 Å². The predicted octanol–water partition coefficient (Wildman–Crippen LogP) is 4.56. The van der Waals surface area contributed by atoms with Gasteiger partial charge in [0.1, 0.15) is 11.4 Å². The third-order valence-electron chi connectivity index (χ3n) is 3.64. The molecule has 1 unspecified atom stereocenters. The molecule has 1 N–H and O–H groups in total. The van der Waals surface area contributed by atoms with Gasteiger partial charge in [0.05, 0.1) is 6.61 Å². The highest BCUT2D eigenvalue weighted by molar-refractivity contribution is 5.85. The first kappa shape index (κ1) is 15.4. The summed E-state index contributed by atoms with van der Waals surface area (Å²) < 4.78 is 11.1. The molecule has 120 valence electrons. The molecule has 1 aliphatic heterocycles. The molecule has 2 aromatic carbocycles. The van der Waals surface area contributed by atoms with Crippen molar-refractivity contribution in [2.24, 2.45) is 0 Å². The number of nitrogens with one attached hydrogen (secondary N) is 1. The van der Waals surface area contributed by atoms with Crippen molar-refractivity contribution in [3.05, 3.63) is 59.7 Å². The van der Waals surface area contributed by atoms with Crippen LogP contribution in [0.2, 0.25) is 0 Å². The Morgan fingerprint density at radius 3 is 2.61 bits per heavy atom.